The van der Waals surface area contributed by atoms with E-state index in [1.807, 2.05) is 45.9 Å². The normalized spacial score (nSPS) is 21.8. The summed E-state index contributed by atoms with van der Waals surface area (Å²) in [4.78, 5) is 0. The SMILES string of the molecule is CC1(C)OB(c2ccc(Br)cc2N)OC1(C)C. The van der Waals surface area contributed by atoms with Crippen molar-refractivity contribution in [2.75, 3.05) is 5.73 Å². The molecule has 2 N–H and O–H groups in total. The van der Waals surface area contributed by atoms with E-state index in [0.29, 0.717) is 5.69 Å². The quantitative estimate of drug-likeness (QED) is 0.639. The predicted molar refractivity (Wildman–Crippen MR) is 74.3 cm³/mol. The third-order valence-electron chi connectivity index (χ3n) is 3.56. The Bertz CT molecular complexity index is 432. The fourth-order valence-corrected chi connectivity index (χ4v) is 2.11. The fraction of sp³-hybridized carbons (Fsp3) is 0.500. The zero-order valence-electron chi connectivity index (χ0n) is 10.6. The maximum absolute atomic E-state index is 5.99. The number of hydrogen-bond donors (Lipinski definition) is 1. The van der Waals surface area contributed by atoms with Gasteiger partial charge in [-0.15, -0.1) is 0 Å². The van der Waals surface area contributed by atoms with Crippen LogP contribution in [-0.2, 0) is 9.31 Å². The monoisotopic (exact) mass is 297 g/mol. The van der Waals surface area contributed by atoms with Gasteiger partial charge in [-0.05, 0) is 39.8 Å². The summed E-state index contributed by atoms with van der Waals surface area (Å²) in [5.74, 6) is 0. The van der Waals surface area contributed by atoms with Gasteiger partial charge in [-0.25, -0.2) is 0 Å². The average Bonchev–Trinajstić information content (AvgIpc) is 2.35. The molecule has 1 aromatic rings. The third-order valence-corrected chi connectivity index (χ3v) is 4.05. The van der Waals surface area contributed by atoms with E-state index in [0.717, 1.165) is 9.94 Å². The van der Waals surface area contributed by atoms with Gasteiger partial charge in [0.15, 0.2) is 0 Å². The molecule has 0 spiro atoms. The van der Waals surface area contributed by atoms with E-state index in [2.05, 4.69) is 15.9 Å². The van der Waals surface area contributed by atoms with Gasteiger partial charge in [0.2, 0.25) is 0 Å². The fourth-order valence-electron chi connectivity index (χ4n) is 1.73. The van der Waals surface area contributed by atoms with Gasteiger partial charge in [0.05, 0.1) is 11.2 Å². The van der Waals surface area contributed by atoms with Crippen LogP contribution in [0.25, 0.3) is 0 Å². The van der Waals surface area contributed by atoms with Crippen LogP contribution in [0.1, 0.15) is 27.7 Å². The molecule has 0 saturated carbocycles. The topological polar surface area (TPSA) is 44.5 Å². The molecule has 1 heterocycles. The Morgan fingerprint density at radius 3 is 2.12 bits per heavy atom. The first-order valence-corrected chi connectivity index (χ1v) is 6.43. The van der Waals surface area contributed by atoms with Crippen molar-refractivity contribution < 1.29 is 9.31 Å². The molecule has 1 aliphatic heterocycles. The number of anilines is 1. The Balaban J connectivity index is 2.32. The highest BCUT2D eigenvalue weighted by molar-refractivity contribution is 9.10. The van der Waals surface area contributed by atoms with Crippen LogP contribution in [0.15, 0.2) is 22.7 Å². The van der Waals surface area contributed by atoms with Crippen molar-refractivity contribution in [3.63, 3.8) is 0 Å². The van der Waals surface area contributed by atoms with Crippen molar-refractivity contribution in [1.29, 1.82) is 0 Å². The van der Waals surface area contributed by atoms with Crippen molar-refractivity contribution in [2.45, 2.75) is 38.9 Å². The number of halogens is 1. The minimum atomic E-state index is -0.395. The van der Waals surface area contributed by atoms with E-state index in [1.165, 1.54) is 0 Å². The van der Waals surface area contributed by atoms with Gasteiger partial charge in [0.25, 0.3) is 0 Å². The molecule has 2 rings (SSSR count). The standard InChI is InChI=1S/C12H17BBrNO2/c1-11(2)12(3,4)17-13(16-11)9-6-5-8(14)7-10(9)15/h5-7H,15H2,1-4H3. The van der Waals surface area contributed by atoms with Crippen LogP contribution in [0.3, 0.4) is 0 Å². The second-order valence-corrected chi connectivity index (χ2v) is 6.28. The lowest BCUT2D eigenvalue weighted by atomic mass is 9.78. The summed E-state index contributed by atoms with van der Waals surface area (Å²) in [6, 6.07) is 5.73. The summed E-state index contributed by atoms with van der Waals surface area (Å²) in [5, 5.41) is 0. The van der Waals surface area contributed by atoms with E-state index in [9.17, 15) is 0 Å². The van der Waals surface area contributed by atoms with Crippen LogP contribution in [0.2, 0.25) is 0 Å². The van der Waals surface area contributed by atoms with Crippen molar-refractivity contribution in [3.8, 4) is 0 Å². The highest BCUT2D eigenvalue weighted by atomic mass is 79.9. The van der Waals surface area contributed by atoms with E-state index in [1.54, 1.807) is 0 Å². The largest absolute Gasteiger partial charge is 0.496 e. The van der Waals surface area contributed by atoms with E-state index in [4.69, 9.17) is 15.0 Å². The Kier molecular flexibility index (Phi) is 3.05. The summed E-state index contributed by atoms with van der Waals surface area (Å²) >= 11 is 3.39. The Hall–Kier alpha value is -0.515. The van der Waals surface area contributed by atoms with Crippen LogP contribution >= 0.6 is 15.9 Å². The van der Waals surface area contributed by atoms with E-state index < -0.39 is 7.12 Å². The molecule has 92 valence electrons. The maximum Gasteiger partial charge on any atom is 0.496 e. The van der Waals surface area contributed by atoms with Crippen LogP contribution in [-0.4, -0.2) is 18.3 Å². The van der Waals surface area contributed by atoms with E-state index >= 15 is 0 Å². The molecule has 0 atom stereocenters. The summed E-state index contributed by atoms with van der Waals surface area (Å²) in [6.45, 7) is 8.12. The second kappa shape index (κ2) is 4.00. The van der Waals surface area contributed by atoms with Crippen LogP contribution in [0.5, 0.6) is 0 Å². The molecule has 1 aliphatic rings. The van der Waals surface area contributed by atoms with E-state index in [-0.39, 0.29) is 11.2 Å². The number of nitrogen functional groups attached to an aromatic ring is 1. The molecule has 5 heteroatoms. The van der Waals surface area contributed by atoms with Gasteiger partial charge in [0.1, 0.15) is 0 Å². The molecule has 1 fully saturated rings. The number of nitrogens with two attached hydrogens (primary N) is 1. The molecule has 17 heavy (non-hydrogen) atoms. The third kappa shape index (κ3) is 2.24. The highest BCUT2D eigenvalue weighted by Crippen LogP contribution is 2.36. The molecular weight excluding hydrogens is 281 g/mol. The second-order valence-electron chi connectivity index (χ2n) is 5.36. The summed E-state index contributed by atoms with van der Waals surface area (Å²) in [6.07, 6.45) is 0. The van der Waals surface area contributed by atoms with Gasteiger partial charge in [-0.1, -0.05) is 22.0 Å². The Labute approximate surface area is 111 Å². The first-order valence-electron chi connectivity index (χ1n) is 5.63. The molecule has 0 radical (unpaired) electrons. The lowest BCUT2D eigenvalue weighted by Gasteiger charge is -2.32. The van der Waals surface area contributed by atoms with Gasteiger partial charge < -0.3 is 15.0 Å². The molecule has 0 aromatic heterocycles. The molecule has 1 aromatic carbocycles. The molecular formula is C12H17BBrNO2. The van der Waals surface area contributed by atoms with Crippen molar-refractivity contribution in [1.82, 2.24) is 0 Å². The first-order chi connectivity index (χ1) is 7.73. The van der Waals surface area contributed by atoms with Gasteiger partial charge in [-0.2, -0.15) is 0 Å². The maximum atomic E-state index is 5.99. The zero-order valence-corrected chi connectivity index (χ0v) is 12.2. The molecule has 1 saturated heterocycles. The van der Waals surface area contributed by atoms with Crippen molar-refractivity contribution in [2.24, 2.45) is 0 Å². The molecule has 3 nitrogen and oxygen atoms in total. The number of benzene rings is 1. The lowest BCUT2D eigenvalue weighted by molar-refractivity contribution is 0.00578. The minimum absolute atomic E-state index is 0.336. The minimum Gasteiger partial charge on any atom is -0.399 e. The van der Waals surface area contributed by atoms with Gasteiger partial charge in [-0.3, -0.25) is 0 Å². The predicted octanol–water partition coefficient (Wildman–Crippen LogP) is 2.33. The highest BCUT2D eigenvalue weighted by Gasteiger charge is 2.52. The smallest absolute Gasteiger partial charge is 0.399 e. The first kappa shape index (κ1) is 12.9. The zero-order chi connectivity index (χ0) is 12.8. The van der Waals surface area contributed by atoms with Gasteiger partial charge >= 0.3 is 7.12 Å². The van der Waals surface area contributed by atoms with Crippen LogP contribution in [0.4, 0.5) is 5.69 Å². The molecule has 0 aliphatic carbocycles. The Morgan fingerprint density at radius 2 is 1.65 bits per heavy atom. The van der Waals surface area contributed by atoms with Gasteiger partial charge in [0, 0.05) is 15.6 Å². The number of rotatable bonds is 1. The van der Waals surface area contributed by atoms with Crippen molar-refractivity contribution in [3.05, 3.63) is 22.7 Å². The Morgan fingerprint density at radius 1 is 1.12 bits per heavy atom. The van der Waals surface area contributed by atoms with Crippen LogP contribution in [0, 0.1) is 0 Å². The lowest BCUT2D eigenvalue weighted by Crippen LogP contribution is -2.41. The van der Waals surface area contributed by atoms with Crippen LogP contribution < -0.4 is 11.2 Å². The number of hydrogen-bond acceptors (Lipinski definition) is 3. The molecule has 0 unspecified atom stereocenters. The summed E-state index contributed by atoms with van der Waals surface area (Å²) < 4.78 is 12.9. The summed E-state index contributed by atoms with van der Waals surface area (Å²) in [5.41, 5.74) is 6.88. The molecule has 0 amide bonds. The summed E-state index contributed by atoms with van der Waals surface area (Å²) in [7, 11) is -0.395. The molecule has 0 bridgehead atoms. The van der Waals surface area contributed by atoms with Crippen molar-refractivity contribution >= 4 is 34.2 Å². The average molecular weight is 298 g/mol.